The lowest BCUT2D eigenvalue weighted by molar-refractivity contribution is -0.140. The van der Waals surface area contributed by atoms with Gasteiger partial charge < -0.3 is 10.1 Å². The van der Waals surface area contributed by atoms with Crippen LogP contribution < -0.4 is 5.32 Å². The zero-order chi connectivity index (χ0) is 13.8. The Kier molecular flexibility index (Phi) is 10.9. The van der Waals surface area contributed by atoms with Gasteiger partial charge in [0.1, 0.15) is 0 Å². The Morgan fingerprint density at radius 1 is 1.33 bits per heavy atom. The van der Waals surface area contributed by atoms with Crippen LogP contribution in [-0.4, -0.2) is 37.0 Å². The number of hydrogen-bond donors (Lipinski definition) is 1. The molecule has 1 atom stereocenters. The second-order valence-electron chi connectivity index (χ2n) is 4.19. The fraction of sp³-hybridized carbons (Fsp3) is 0.846. The van der Waals surface area contributed by atoms with E-state index in [0.717, 1.165) is 18.6 Å². The molecule has 0 aliphatic carbocycles. The summed E-state index contributed by atoms with van der Waals surface area (Å²) in [7, 11) is 3.06. The molecule has 0 aliphatic rings. The predicted molar refractivity (Wildman–Crippen MR) is 75.7 cm³/mol. The third kappa shape index (κ3) is 9.33. The van der Waals surface area contributed by atoms with Crippen molar-refractivity contribution in [1.82, 2.24) is 5.32 Å². The lowest BCUT2D eigenvalue weighted by atomic mass is 10.1. The molecule has 0 aliphatic heterocycles. The third-order valence-electron chi connectivity index (χ3n) is 2.71. The van der Waals surface area contributed by atoms with Crippen molar-refractivity contribution in [2.24, 2.45) is 0 Å². The van der Waals surface area contributed by atoms with Gasteiger partial charge in [0.15, 0.2) is 0 Å². The van der Waals surface area contributed by atoms with E-state index in [1.165, 1.54) is 20.0 Å². The van der Waals surface area contributed by atoms with Crippen LogP contribution in [0.5, 0.6) is 0 Å². The van der Waals surface area contributed by atoms with E-state index in [0.29, 0.717) is 12.8 Å². The van der Waals surface area contributed by atoms with Gasteiger partial charge in [-0.1, -0.05) is 26.2 Å². The molecule has 0 aromatic carbocycles. The second kappa shape index (κ2) is 11.4. The molecular formula is C13H25NO3S. The number of rotatable bonds is 10. The zero-order valence-electron chi connectivity index (χ0n) is 11.7. The molecule has 1 unspecified atom stereocenters. The van der Waals surface area contributed by atoms with Gasteiger partial charge in [-0.15, -0.1) is 0 Å². The van der Waals surface area contributed by atoms with Crippen molar-refractivity contribution < 1.29 is 14.3 Å². The Hall–Kier alpha value is -0.710. The van der Waals surface area contributed by atoms with Gasteiger partial charge in [-0.3, -0.25) is 9.59 Å². The van der Waals surface area contributed by atoms with E-state index in [1.807, 2.05) is 0 Å². The number of nitrogens with one attached hydrogen (secondary N) is 1. The van der Waals surface area contributed by atoms with E-state index in [4.69, 9.17) is 4.74 Å². The van der Waals surface area contributed by atoms with E-state index in [2.05, 4.69) is 12.2 Å². The molecule has 0 heterocycles. The molecule has 0 rings (SSSR count). The van der Waals surface area contributed by atoms with E-state index < -0.39 is 0 Å². The number of thioether (sulfide) groups is 1. The van der Waals surface area contributed by atoms with Crippen molar-refractivity contribution in [2.75, 3.05) is 19.9 Å². The van der Waals surface area contributed by atoms with Gasteiger partial charge in [0.25, 0.3) is 0 Å². The Morgan fingerprint density at radius 3 is 2.61 bits per heavy atom. The lowest BCUT2D eigenvalue weighted by Gasteiger charge is -2.15. The molecule has 4 nitrogen and oxygen atoms in total. The molecule has 1 N–H and O–H groups in total. The maximum absolute atomic E-state index is 11.3. The van der Waals surface area contributed by atoms with Crippen molar-refractivity contribution >= 4 is 23.6 Å². The SMILES string of the molecule is CCCCCC(CC(=O)OC)SCCC(=O)NC. The van der Waals surface area contributed by atoms with E-state index in [-0.39, 0.29) is 17.1 Å². The first-order chi connectivity index (χ1) is 8.63. The summed E-state index contributed by atoms with van der Waals surface area (Å²) in [6.07, 6.45) is 5.46. The number of carbonyl (C=O) groups excluding carboxylic acids is 2. The molecule has 0 saturated carbocycles. The first kappa shape index (κ1) is 17.3. The summed E-state index contributed by atoms with van der Waals surface area (Å²) in [5, 5.41) is 2.87. The van der Waals surface area contributed by atoms with Gasteiger partial charge in [-0.2, -0.15) is 11.8 Å². The first-order valence-corrected chi connectivity index (χ1v) is 7.57. The number of hydrogen-bond acceptors (Lipinski definition) is 4. The summed E-state index contributed by atoms with van der Waals surface area (Å²) in [6.45, 7) is 2.16. The van der Waals surface area contributed by atoms with Gasteiger partial charge in [0.05, 0.1) is 13.5 Å². The summed E-state index contributed by atoms with van der Waals surface area (Å²) in [4.78, 5) is 22.4. The molecule has 0 bridgehead atoms. The van der Waals surface area contributed by atoms with E-state index >= 15 is 0 Å². The first-order valence-electron chi connectivity index (χ1n) is 6.53. The summed E-state index contributed by atoms with van der Waals surface area (Å²) >= 11 is 1.70. The molecule has 1 amide bonds. The average molecular weight is 275 g/mol. The Labute approximate surface area is 114 Å². The molecule has 0 radical (unpaired) electrons. The number of methoxy groups -OCH3 is 1. The minimum Gasteiger partial charge on any atom is -0.469 e. The number of unbranched alkanes of at least 4 members (excludes halogenated alkanes) is 2. The van der Waals surface area contributed by atoms with E-state index in [1.54, 1.807) is 18.8 Å². The predicted octanol–water partition coefficient (Wildman–Crippen LogP) is 2.37. The second-order valence-corrected chi connectivity index (χ2v) is 5.60. The standard InChI is InChI=1S/C13H25NO3S/c1-4-5-6-7-11(10-13(16)17-3)18-9-8-12(15)14-2/h11H,4-10H2,1-3H3,(H,14,15). The van der Waals surface area contributed by atoms with Gasteiger partial charge in [-0.25, -0.2) is 0 Å². The molecule has 18 heavy (non-hydrogen) atoms. The van der Waals surface area contributed by atoms with Crippen molar-refractivity contribution in [3.05, 3.63) is 0 Å². The number of esters is 1. The molecule has 0 saturated heterocycles. The Morgan fingerprint density at radius 2 is 2.06 bits per heavy atom. The van der Waals surface area contributed by atoms with Crippen LogP contribution in [-0.2, 0) is 14.3 Å². The highest BCUT2D eigenvalue weighted by atomic mass is 32.2. The Bertz CT molecular complexity index is 246. The fourth-order valence-corrected chi connectivity index (χ4v) is 2.80. The molecule has 0 aromatic heterocycles. The molecule has 0 spiro atoms. The monoisotopic (exact) mass is 275 g/mol. The van der Waals surface area contributed by atoms with Crippen molar-refractivity contribution in [2.45, 2.75) is 50.7 Å². The van der Waals surface area contributed by atoms with Crippen LogP contribution in [0.4, 0.5) is 0 Å². The number of ether oxygens (including phenoxy) is 1. The minimum absolute atomic E-state index is 0.0490. The van der Waals surface area contributed by atoms with Gasteiger partial charge in [0.2, 0.25) is 5.91 Å². The smallest absolute Gasteiger partial charge is 0.306 e. The number of carbonyl (C=O) groups is 2. The highest BCUT2D eigenvalue weighted by Gasteiger charge is 2.15. The fourth-order valence-electron chi connectivity index (χ4n) is 1.58. The highest BCUT2D eigenvalue weighted by molar-refractivity contribution is 7.99. The van der Waals surface area contributed by atoms with Crippen LogP contribution in [0.15, 0.2) is 0 Å². The van der Waals surface area contributed by atoms with Crippen molar-refractivity contribution in [3.63, 3.8) is 0 Å². The van der Waals surface area contributed by atoms with Crippen LogP contribution in [0.25, 0.3) is 0 Å². The van der Waals surface area contributed by atoms with Crippen LogP contribution >= 0.6 is 11.8 Å². The topological polar surface area (TPSA) is 55.4 Å². The largest absolute Gasteiger partial charge is 0.469 e. The van der Waals surface area contributed by atoms with E-state index in [9.17, 15) is 9.59 Å². The van der Waals surface area contributed by atoms with Crippen LogP contribution in [0.1, 0.15) is 45.4 Å². The third-order valence-corrected chi connectivity index (χ3v) is 4.03. The maximum Gasteiger partial charge on any atom is 0.306 e. The average Bonchev–Trinajstić information content (AvgIpc) is 2.38. The quantitative estimate of drug-likeness (QED) is 0.491. The van der Waals surface area contributed by atoms with Gasteiger partial charge in [-0.05, 0) is 6.42 Å². The summed E-state index contributed by atoms with van der Waals surface area (Å²) in [6, 6.07) is 0. The molecular weight excluding hydrogens is 250 g/mol. The molecule has 5 heteroatoms. The van der Waals surface area contributed by atoms with Crippen LogP contribution in [0, 0.1) is 0 Å². The minimum atomic E-state index is -0.163. The molecule has 106 valence electrons. The molecule has 0 fully saturated rings. The van der Waals surface area contributed by atoms with Crippen molar-refractivity contribution in [3.8, 4) is 0 Å². The van der Waals surface area contributed by atoms with Gasteiger partial charge in [0, 0.05) is 24.5 Å². The normalized spacial score (nSPS) is 11.9. The van der Waals surface area contributed by atoms with Crippen molar-refractivity contribution in [1.29, 1.82) is 0 Å². The zero-order valence-corrected chi connectivity index (χ0v) is 12.5. The lowest BCUT2D eigenvalue weighted by Crippen LogP contribution is -2.19. The summed E-state index contributed by atoms with van der Waals surface area (Å²) in [5.41, 5.74) is 0. The summed E-state index contributed by atoms with van der Waals surface area (Å²) < 4.78 is 4.70. The number of amides is 1. The van der Waals surface area contributed by atoms with Crippen LogP contribution in [0.2, 0.25) is 0 Å². The summed E-state index contributed by atoms with van der Waals surface area (Å²) in [5.74, 6) is 0.643. The Balaban J connectivity index is 3.95. The maximum atomic E-state index is 11.3. The van der Waals surface area contributed by atoms with Gasteiger partial charge >= 0.3 is 5.97 Å². The highest BCUT2D eigenvalue weighted by Crippen LogP contribution is 2.22. The van der Waals surface area contributed by atoms with Crippen LogP contribution in [0.3, 0.4) is 0 Å². The molecule has 0 aromatic rings.